The second-order valence-electron chi connectivity index (χ2n) is 0.435. The zero-order valence-electron chi connectivity index (χ0n) is 3.36. The molecule has 0 aliphatic heterocycles. The molecule has 0 aromatic rings. The first-order valence-electron chi connectivity index (χ1n) is 0.778. The summed E-state index contributed by atoms with van der Waals surface area (Å²) < 4.78 is 28.3. The fraction of sp³-hybridized carbons (Fsp3) is 0. The van der Waals surface area contributed by atoms with Crippen LogP contribution in [0.1, 0.15) is 0 Å². The smallest absolute Gasteiger partial charge is 1.00 e. The van der Waals surface area contributed by atoms with Crippen molar-refractivity contribution in [2.75, 3.05) is 0 Å². The second-order valence-corrected chi connectivity index (χ2v) is 7.33. The summed E-state index contributed by atoms with van der Waals surface area (Å²) in [5.74, 6) is 0. The summed E-state index contributed by atoms with van der Waals surface area (Å²) in [7, 11) is -4.27. The van der Waals surface area contributed by atoms with Gasteiger partial charge < -0.3 is 0 Å². The van der Waals surface area contributed by atoms with Crippen LogP contribution in [0, 0.1) is 0 Å². The van der Waals surface area contributed by atoms with E-state index in [4.69, 9.17) is 0 Å². The van der Waals surface area contributed by atoms with E-state index in [1.807, 2.05) is 0 Å². The van der Waals surface area contributed by atoms with Crippen molar-refractivity contribution in [3.8, 4) is 0 Å². The molecular formula is FeINaO3S. The first-order valence-corrected chi connectivity index (χ1v) is 6.98. The molecule has 7 heavy (non-hydrogen) atoms. The van der Waals surface area contributed by atoms with Gasteiger partial charge in [0, 0.05) is 0 Å². The van der Waals surface area contributed by atoms with Crippen molar-refractivity contribution in [2.24, 2.45) is 0 Å². The minimum atomic E-state index is -3.93. The Kier molecular flexibility index (Phi) is 8.47. The van der Waals surface area contributed by atoms with Crippen LogP contribution in [0.15, 0.2) is 0 Å². The van der Waals surface area contributed by atoms with E-state index in [-0.39, 0.29) is 40.1 Å². The fourth-order valence-electron chi connectivity index (χ4n) is 0. The maximum atomic E-state index is 9.44. The molecule has 0 rings (SSSR count). The van der Waals surface area contributed by atoms with Crippen molar-refractivity contribution in [1.29, 1.82) is 0 Å². The third-order valence-corrected chi connectivity index (χ3v) is 5.54. The average molecular weight is 286 g/mol. The Labute approximate surface area is 80.6 Å². The molecule has 0 aliphatic carbocycles. The van der Waals surface area contributed by atoms with E-state index in [0.717, 1.165) is 0 Å². The molecule has 0 radical (unpaired) electrons. The van der Waals surface area contributed by atoms with E-state index >= 15 is 0 Å². The van der Waals surface area contributed by atoms with Gasteiger partial charge in [-0.2, -0.15) is 0 Å². The second kappa shape index (κ2) is 4.99. The Morgan fingerprint density at radius 3 is 1.71 bits per heavy atom. The monoisotopic (exact) mass is 286 g/mol. The van der Waals surface area contributed by atoms with Crippen molar-refractivity contribution in [2.45, 2.75) is 0 Å². The number of rotatable bonds is 1. The Morgan fingerprint density at radius 2 is 1.71 bits per heavy atom. The van der Waals surface area contributed by atoms with Crippen LogP contribution in [0.3, 0.4) is 0 Å². The van der Waals surface area contributed by atoms with Crippen LogP contribution < -0.4 is 29.6 Å². The van der Waals surface area contributed by atoms with E-state index < -0.39 is 8.54 Å². The minimum absolute atomic E-state index is 0. The van der Waals surface area contributed by atoms with Gasteiger partial charge in [0.25, 0.3) is 0 Å². The quantitative estimate of drug-likeness (QED) is 0.291. The Morgan fingerprint density at radius 1 is 1.57 bits per heavy atom. The first-order chi connectivity index (χ1) is 2.56. The summed E-state index contributed by atoms with van der Waals surface area (Å²) in [6.45, 7) is 0. The molecule has 7 heteroatoms. The fourth-order valence-corrected chi connectivity index (χ4v) is 0. The van der Waals surface area contributed by atoms with Gasteiger partial charge in [-0.15, -0.1) is 0 Å². The maximum Gasteiger partial charge on any atom is 1.00 e. The van der Waals surface area contributed by atoms with Crippen molar-refractivity contribution in [1.82, 2.24) is 0 Å². The van der Waals surface area contributed by atoms with Gasteiger partial charge in [-0.1, -0.05) is 0 Å². The molecule has 0 amide bonds. The third kappa shape index (κ3) is 11.6. The zero-order valence-corrected chi connectivity index (χ0v) is 9.44. The van der Waals surface area contributed by atoms with Gasteiger partial charge >= 0.3 is 82.0 Å². The van der Waals surface area contributed by atoms with Gasteiger partial charge in [-0.05, 0) is 0 Å². The summed E-state index contributed by atoms with van der Waals surface area (Å²) in [4.78, 5) is 0. The molecule has 0 aromatic carbocycles. The van der Waals surface area contributed by atoms with Gasteiger partial charge in [0.2, 0.25) is 0 Å². The van der Waals surface area contributed by atoms with Crippen LogP contribution in [-0.2, 0) is 19.1 Å². The zero-order chi connectivity index (χ0) is 5.21. The minimum Gasteiger partial charge on any atom is 1.00 e. The van der Waals surface area contributed by atoms with Crippen LogP contribution in [0.25, 0.3) is 0 Å². The molecule has 0 bridgehead atoms. The summed E-state index contributed by atoms with van der Waals surface area (Å²) >= 11 is 1.49. The maximum absolute atomic E-state index is 9.44. The normalized spacial score (nSPS) is 10.6. The summed E-state index contributed by atoms with van der Waals surface area (Å²) in [5, 5.41) is 0. The largest absolute Gasteiger partial charge is 1.00 e. The molecule has 0 saturated carbocycles. The Bertz CT molecular complexity index is 117. The predicted molar refractivity (Wildman–Crippen MR) is 23.7 cm³/mol. The van der Waals surface area contributed by atoms with E-state index in [1.54, 1.807) is 0 Å². The summed E-state index contributed by atoms with van der Waals surface area (Å²) in [6, 6.07) is 0. The summed E-state index contributed by atoms with van der Waals surface area (Å²) in [6.07, 6.45) is 0. The average Bonchev–Trinajstić information content (AvgIpc) is 1.35. The standard InChI is InChI=1S/Fe.HI.Na.O3S/c;;;1-4(2)3/h;1H;;/q+1;;+1;-1/p-1. The molecule has 0 unspecified atom stereocenters. The molecule has 40 valence electrons. The van der Waals surface area contributed by atoms with E-state index in [2.05, 4.69) is 0 Å². The van der Waals surface area contributed by atoms with Crippen LogP contribution in [0.5, 0.6) is 0 Å². The molecule has 0 N–H and O–H groups in total. The number of hydrogen-bond acceptors (Lipinski definition) is 3. The van der Waals surface area contributed by atoms with Crippen molar-refractivity contribution >= 4 is 28.9 Å². The van der Waals surface area contributed by atoms with Crippen molar-refractivity contribution in [3.05, 3.63) is 0 Å². The number of halogens is 1. The molecule has 0 spiro atoms. The Hall–Kier alpha value is 2.16. The van der Waals surface area contributed by atoms with Crippen LogP contribution in [0.2, 0.25) is 0 Å². The molecule has 0 saturated heterocycles. The van der Waals surface area contributed by atoms with Gasteiger partial charge in [0.05, 0.1) is 0 Å². The molecule has 0 heterocycles. The molecule has 0 aromatic heterocycles. The molecule has 3 nitrogen and oxygen atoms in total. The van der Waals surface area contributed by atoms with Crippen molar-refractivity contribution in [3.63, 3.8) is 0 Å². The predicted octanol–water partition coefficient (Wildman–Crippen LogP) is -3.12. The van der Waals surface area contributed by atoms with Gasteiger partial charge in [0.15, 0.2) is 0 Å². The number of hydrogen-bond donors (Lipinski definition) is 0. The Balaban J connectivity index is 0. The first kappa shape index (κ1) is 11.9. The topological polar surface area (TPSA) is 57.2 Å². The summed E-state index contributed by atoms with van der Waals surface area (Å²) in [5.41, 5.74) is 0. The molecule has 0 atom stereocenters. The molecular weight excluding hydrogens is 286 g/mol. The van der Waals surface area contributed by atoms with Crippen LogP contribution in [-0.4, -0.2) is 13.0 Å². The van der Waals surface area contributed by atoms with Gasteiger partial charge in [0.1, 0.15) is 0 Å². The third-order valence-electron chi connectivity index (χ3n) is 0.0668. The van der Waals surface area contributed by atoms with E-state index in [0.29, 0.717) is 0 Å². The van der Waals surface area contributed by atoms with Gasteiger partial charge in [-0.3, -0.25) is 0 Å². The molecule has 0 aliphatic rings. The van der Waals surface area contributed by atoms with Crippen LogP contribution >= 0.6 is 20.3 Å². The van der Waals surface area contributed by atoms with E-state index in [1.165, 1.54) is 20.3 Å². The van der Waals surface area contributed by atoms with Crippen molar-refractivity contribution < 1.29 is 53.1 Å². The van der Waals surface area contributed by atoms with Crippen LogP contribution in [0.4, 0.5) is 0 Å². The van der Waals surface area contributed by atoms with E-state index in [9.17, 15) is 13.0 Å². The van der Waals surface area contributed by atoms with Gasteiger partial charge in [-0.25, -0.2) is 0 Å². The SMILES string of the molecule is O=[S](=O)([O-])[Fe][I].[Na+]. The molecule has 0 fully saturated rings.